The minimum Gasteiger partial charge on any atom is -0.368 e. The maximum atomic E-state index is 12.3. The van der Waals surface area contributed by atoms with Gasteiger partial charge in [0.25, 0.3) is 0 Å². The summed E-state index contributed by atoms with van der Waals surface area (Å²) in [4.78, 5) is 23.3. The quantitative estimate of drug-likeness (QED) is 0.640. The first-order chi connectivity index (χ1) is 8.02. The van der Waals surface area contributed by atoms with Gasteiger partial charge in [-0.25, -0.2) is 0 Å². The number of rotatable bonds is 5. The Labute approximate surface area is 103 Å². The Bertz CT molecular complexity index is 280. The average molecular weight is 241 g/mol. The van der Waals surface area contributed by atoms with E-state index in [1.54, 1.807) is 6.92 Å². The van der Waals surface area contributed by atoms with Gasteiger partial charge in [0.2, 0.25) is 11.8 Å². The molecule has 1 heterocycles. The molecule has 98 valence electrons. The van der Waals surface area contributed by atoms with Gasteiger partial charge in [-0.05, 0) is 39.3 Å². The minimum absolute atomic E-state index is 0.0212. The van der Waals surface area contributed by atoms with Crippen molar-refractivity contribution in [1.29, 1.82) is 0 Å². The van der Waals surface area contributed by atoms with E-state index in [0.29, 0.717) is 0 Å². The first kappa shape index (κ1) is 14.0. The van der Waals surface area contributed by atoms with Crippen LogP contribution in [0.2, 0.25) is 0 Å². The van der Waals surface area contributed by atoms with Crippen LogP contribution in [0.15, 0.2) is 0 Å². The number of nitrogens with two attached hydrogens (primary N) is 1. The lowest BCUT2D eigenvalue weighted by atomic mass is 9.74. The Morgan fingerprint density at radius 2 is 2.00 bits per heavy atom. The average Bonchev–Trinajstić information content (AvgIpc) is 2.30. The molecule has 2 amide bonds. The van der Waals surface area contributed by atoms with Crippen molar-refractivity contribution in [3.8, 4) is 0 Å². The Morgan fingerprint density at radius 1 is 1.41 bits per heavy atom. The van der Waals surface area contributed by atoms with Crippen molar-refractivity contribution in [3.63, 3.8) is 0 Å². The van der Waals surface area contributed by atoms with Gasteiger partial charge in [0, 0.05) is 0 Å². The molecule has 5 heteroatoms. The summed E-state index contributed by atoms with van der Waals surface area (Å²) in [5, 5.41) is 5.99. The van der Waals surface area contributed by atoms with E-state index in [4.69, 9.17) is 5.73 Å². The second-order valence-corrected chi connectivity index (χ2v) is 4.88. The molecule has 0 aliphatic carbocycles. The third-order valence-corrected chi connectivity index (χ3v) is 3.55. The van der Waals surface area contributed by atoms with Crippen LogP contribution in [0.1, 0.15) is 39.5 Å². The van der Waals surface area contributed by atoms with Gasteiger partial charge in [-0.2, -0.15) is 0 Å². The van der Waals surface area contributed by atoms with Gasteiger partial charge in [-0.3, -0.25) is 9.59 Å². The van der Waals surface area contributed by atoms with E-state index in [0.717, 1.165) is 38.8 Å². The van der Waals surface area contributed by atoms with Gasteiger partial charge in [0.05, 0.1) is 5.41 Å². The molecular weight excluding hydrogens is 218 g/mol. The van der Waals surface area contributed by atoms with Crippen molar-refractivity contribution in [3.05, 3.63) is 0 Å². The second-order valence-electron chi connectivity index (χ2n) is 4.88. The summed E-state index contributed by atoms with van der Waals surface area (Å²) < 4.78 is 0. The molecule has 0 spiro atoms. The predicted octanol–water partition coefficient (Wildman–Crippen LogP) is 0.146. The Balaban J connectivity index is 2.69. The molecule has 0 aromatic rings. The second kappa shape index (κ2) is 6.00. The Hall–Kier alpha value is -1.10. The molecule has 0 saturated carbocycles. The van der Waals surface area contributed by atoms with Crippen molar-refractivity contribution in [1.82, 2.24) is 10.6 Å². The number of nitrogens with one attached hydrogen (secondary N) is 2. The number of hydrogen-bond donors (Lipinski definition) is 3. The molecule has 1 rings (SSSR count). The maximum absolute atomic E-state index is 12.3. The number of primary amides is 1. The third-order valence-electron chi connectivity index (χ3n) is 3.55. The molecule has 1 atom stereocenters. The normalized spacial score (nSPS) is 20.6. The third kappa shape index (κ3) is 3.43. The van der Waals surface area contributed by atoms with Gasteiger partial charge < -0.3 is 16.4 Å². The van der Waals surface area contributed by atoms with Crippen molar-refractivity contribution < 1.29 is 9.59 Å². The van der Waals surface area contributed by atoms with Crippen LogP contribution in [0.3, 0.4) is 0 Å². The smallest absolute Gasteiger partial charge is 0.239 e. The van der Waals surface area contributed by atoms with Crippen LogP contribution in [-0.2, 0) is 9.59 Å². The summed E-state index contributed by atoms with van der Waals surface area (Å²) in [6.07, 6.45) is 3.50. The van der Waals surface area contributed by atoms with E-state index in [2.05, 4.69) is 17.6 Å². The van der Waals surface area contributed by atoms with Gasteiger partial charge in [0.15, 0.2) is 0 Å². The number of amides is 2. The SMILES string of the molecule is CCCC1(C(=O)NC(C)C(N)=O)CCNCC1. The van der Waals surface area contributed by atoms with Crippen LogP contribution in [-0.4, -0.2) is 30.9 Å². The zero-order valence-corrected chi connectivity index (χ0v) is 10.7. The molecule has 0 radical (unpaired) electrons. The summed E-state index contributed by atoms with van der Waals surface area (Å²) >= 11 is 0. The fourth-order valence-corrected chi connectivity index (χ4v) is 2.40. The van der Waals surface area contributed by atoms with Crippen LogP contribution >= 0.6 is 0 Å². The van der Waals surface area contributed by atoms with Crippen LogP contribution in [0, 0.1) is 5.41 Å². The molecule has 0 aromatic heterocycles. The summed E-state index contributed by atoms with van der Waals surface area (Å²) in [7, 11) is 0. The highest BCUT2D eigenvalue weighted by atomic mass is 16.2. The summed E-state index contributed by atoms with van der Waals surface area (Å²) in [5.41, 5.74) is 4.85. The van der Waals surface area contributed by atoms with E-state index >= 15 is 0 Å². The molecular formula is C12H23N3O2. The van der Waals surface area contributed by atoms with E-state index in [1.165, 1.54) is 0 Å². The summed E-state index contributed by atoms with van der Waals surface area (Å²) in [6, 6.07) is -0.592. The molecule has 1 aliphatic rings. The number of hydrogen-bond acceptors (Lipinski definition) is 3. The first-order valence-corrected chi connectivity index (χ1v) is 6.33. The molecule has 1 unspecified atom stereocenters. The zero-order chi connectivity index (χ0) is 12.9. The van der Waals surface area contributed by atoms with E-state index in [9.17, 15) is 9.59 Å². The highest BCUT2D eigenvalue weighted by Crippen LogP contribution is 2.34. The molecule has 4 N–H and O–H groups in total. The van der Waals surface area contributed by atoms with Gasteiger partial charge >= 0.3 is 0 Å². The van der Waals surface area contributed by atoms with Gasteiger partial charge in [-0.1, -0.05) is 13.3 Å². The highest BCUT2D eigenvalue weighted by molar-refractivity contribution is 5.89. The fourth-order valence-electron chi connectivity index (χ4n) is 2.40. The largest absolute Gasteiger partial charge is 0.368 e. The van der Waals surface area contributed by atoms with Gasteiger partial charge in [-0.15, -0.1) is 0 Å². The summed E-state index contributed by atoms with van der Waals surface area (Å²) in [6.45, 7) is 5.42. The van der Waals surface area contributed by atoms with E-state index in [-0.39, 0.29) is 11.3 Å². The van der Waals surface area contributed by atoms with Crippen molar-refractivity contribution >= 4 is 11.8 Å². The topological polar surface area (TPSA) is 84.2 Å². The molecule has 17 heavy (non-hydrogen) atoms. The van der Waals surface area contributed by atoms with Crippen molar-refractivity contribution in [2.75, 3.05) is 13.1 Å². The minimum atomic E-state index is -0.592. The van der Waals surface area contributed by atoms with Gasteiger partial charge in [0.1, 0.15) is 6.04 Å². The molecule has 1 aliphatic heterocycles. The molecule has 5 nitrogen and oxygen atoms in total. The van der Waals surface area contributed by atoms with Crippen molar-refractivity contribution in [2.24, 2.45) is 11.1 Å². The number of carbonyl (C=O) groups excluding carboxylic acids is 2. The van der Waals surface area contributed by atoms with Crippen LogP contribution < -0.4 is 16.4 Å². The monoisotopic (exact) mass is 241 g/mol. The number of piperidine rings is 1. The Morgan fingerprint density at radius 3 is 2.47 bits per heavy atom. The van der Waals surface area contributed by atoms with Crippen LogP contribution in [0.25, 0.3) is 0 Å². The zero-order valence-electron chi connectivity index (χ0n) is 10.7. The summed E-state index contributed by atoms with van der Waals surface area (Å²) in [5.74, 6) is -0.508. The van der Waals surface area contributed by atoms with Crippen LogP contribution in [0.4, 0.5) is 0 Å². The number of carbonyl (C=O) groups is 2. The fraction of sp³-hybridized carbons (Fsp3) is 0.833. The molecule has 1 saturated heterocycles. The first-order valence-electron chi connectivity index (χ1n) is 6.33. The Kier molecular flexibility index (Phi) is 4.93. The maximum Gasteiger partial charge on any atom is 0.239 e. The lowest BCUT2D eigenvalue weighted by Crippen LogP contribution is -2.52. The van der Waals surface area contributed by atoms with Crippen molar-refractivity contribution in [2.45, 2.75) is 45.6 Å². The lowest BCUT2D eigenvalue weighted by molar-refractivity contribution is -0.136. The molecule has 0 aromatic carbocycles. The predicted molar refractivity (Wildman–Crippen MR) is 66.2 cm³/mol. The molecule has 0 bridgehead atoms. The standard InChI is InChI=1S/C12H23N3O2/c1-3-4-12(5-7-14-8-6-12)11(17)15-9(2)10(13)16/h9,14H,3-8H2,1-2H3,(H2,13,16)(H,15,17). The molecule has 1 fully saturated rings. The lowest BCUT2D eigenvalue weighted by Gasteiger charge is -2.36. The highest BCUT2D eigenvalue weighted by Gasteiger charge is 2.39. The van der Waals surface area contributed by atoms with E-state index in [1.807, 2.05) is 0 Å². The van der Waals surface area contributed by atoms with E-state index < -0.39 is 11.9 Å². The van der Waals surface area contributed by atoms with Crippen LogP contribution in [0.5, 0.6) is 0 Å².